The average Bonchev–Trinajstić information content (AvgIpc) is 2.79. The van der Waals surface area contributed by atoms with E-state index in [9.17, 15) is 0 Å². The molecule has 1 aromatic carbocycles. The first kappa shape index (κ1) is 15.0. The summed E-state index contributed by atoms with van der Waals surface area (Å²) in [7, 11) is 1.70. The van der Waals surface area contributed by atoms with E-state index < -0.39 is 0 Å². The molecular formula is C16H24N2O2. The molecule has 0 amide bonds. The van der Waals surface area contributed by atoms with Crippen molar-refractivity contribution in [2.75, 3.05) is 7.11 Å². The number of furan rings is 1. The van der Waals surface area contributed by atoms with Gasteiger partial charge in [-0.05, 0) is 24.0 Å². The Morgan fingerprint density at radius 1 is 1.30 bits per heavy atom. The van der Waals surface area contributed by atoms with Crippen LogP contribution in [0.5, 0.6) is 0 Å². The van der Waals surface area contributed by atoms with Gasteiger partial charge in [-0.1, -0.05) is 39.0 Å². The summed E-state index contributed by atoms with van der Waals surface area (Å²) in [6, 6.07) is 7.95. The maximum absolute atomic E-state index is 6.01. The first-order valence-electron chi connectivity index (χ1n) is 6.86. The highest BCUT2D eigenvalue weighted by molar-refractivity contribution is 5.81. The number of benzene rings is 1. The maximum atomic E-state index is 6.01. The minimum Gasteiger partial charge on any atom is -0.459 e. The van der Waals surface area contributed by atoms with E-state index in [0.29, 0.717) is 0 Å². The second-order valence-electron chi connectivity index (χ2n) is 6.31. The van der Waals surface area contributed by atoms with Crippen molar-refractivity contribution in [2.45, 2.75) is 39.8 Å². The Hall–Kier alpha value is -1.36. The molecule has 2 rings (SSSR count). The van der Waals surface area contributed by atoms with Crippen LogP contribution in [0.3, 0.4) is 0 Å². The van der Waals surface area contributed by atoms with Gasteiger partial charge in [-0.15, -0.1) is 0 Å². The Labute approximate surface area is 120 Å². The third kappa shape index (κ3) is 2.73. The number of hydrazine groups is 1. The zero-order valence-electron chi connectivity index (χ0n) is 12.9. The van der Waals surface area contributed by atoms with Gasteiger partial charge in [-0.25, -0.2) is 5.43 Å². The highest BCUT2D eigenvalue weighted by atomic mass is 16.5. The second kappa shape index (κ2) is 5.56. The van der Waals surface area contributed by atoms with Crippen molar-refractivity contribution >= 4 is 11.0 Å². The monoisotopic (exact) mass is 276 g/mol. The Morgan fingerprint density at radius 3 is 2.50 bits per heavy atom. The lowest BCUT2D eigenvalue weighted by Gasteiger charge is -2.34. The molecule has 2 aromatic rings. The molecule has 0 spiro atoms. The van der Waals surface area contributed by atoms with E-state index in [0.717, 1.165) is 22.3 Å². The predicted octanol–water partition coefficient (Wildman–Crippen LogP) is 3.31. The molecule has 1 aromatic heterocycles. The van der Waals surface area contributed by atoms with E-state index >= 15 is 0 Å². The van der Waals surface area contributed by atoms with Gasteiger partial charge in [0.1, 0.15) is 17.4 Å². The molecule has 0 bridgehead atoms. The molecule has 0 radical (unpaired) electrons. The molecule has 20 heavy (non-hydrogen) atoms. The normalized spacial score (nSPS) is 15.5. The van der Waals surface area contributed by atoms with Gasteiger partial charge in [0.05, 0.1) is 6.10 Å². The van der Waals surface area contributed by atoms with E-state index in [-0.39, 0.29) is 17.6 Å². The Balaban J connectivity index is 2.46. The van der Waals surface area contributed by atoms with Crippen LogP contribution in [0.2, 0.25) is 0 Å². The van der Waals surface area contributed by atoms with E-state index in [1.54, 1.807) is 7.11 Å². The Kier molecular flexibility index (Phi) is 4.18. The summed E-state index contributed by atoms with van der Waals surface area (Å²) >= 11 is 0. The molecule has 0 aliphatic rings. The number of hydrogen-bond acceptors (Lipinski definition) is 4. The van der Waals surface area contributed by atoms with Crippen molar-refractivity contribution in [3.63, 3.8) is 0 Å². The van der Waals surface area contributed by atoms with Gasteiger partial charge < -0.3 is 9.15 Å². The first-order valence-corrected chi connectivity index (χ1v) is 6.86. The van der Waals surface area contributed by atoms with Crippen molar-refractivity contribution in [3.8, 4) is 0 Å². The third-order valence-corrected chi connectivity index (χ3v) is 3.66. The predicted molar refractivity (Wildman–Crippen MR) is 81.3 cm³/mol. The molecule has 0 aliphatic heterocycles. The lowest BCUT2D eigenvalue weighted by atomic mass is 9.84. The van der Waals surface area contributed by atoms with Crippen molar-refractivity contribution in [1.29, 1.82) is 0 Å². The second-order valence-corrected chi connectivity index (χ2v) is 6.31. The van der Waals surface area contributed by atoms with Gasteiger partial charge >= 0.3 is 0 Å². The summed E-state index contributed by atoms with van der Waals surface area (Å²) in [6.07, 6.45) is -0.0895. The first-order chi connectivity index (χ1) is 9.38. The summed E-state index contributed by atoms with van der Waals surface area (Å²) in [4.78, 5) is 0. The van der Waals surface area contributed by atoms with Gasteiger partial charge in [0.15, 0.2) is 0 Å². The zero-order valence-corrected chi connectivity index (χ0v) is 12.9. The number of nitrogens with one attached hydrogen (secondary N) is 1. The van der Waals surface area contributed by atoms with E-state index in [2.05, 4.69) is 26.2 Å². The summed E-state index contributed by atoms with van der Waals surface area (Å²) in [5.74, 6) is 6.55. The molecule has 1 heterocycles. The number of ether oxygens (including phenoxy) is 1. The van der Waals surface area contributed by atoms with Gasteiger partial charge in [0.2, 0.25) is 0 Å². The fourth-order valence-corrected chi connectivity index (χ4v) is 2.69. The minimum atomic E-state index is -0.188. The van der Waals surface area contributed by atoms with Crippen LogP contribution in [0.15, 0.2) is 28.7 Å². The van der Waals surface area contributed by atoms with Crippen LogP contribution in [0.25, 0.3) is 11.0 Å². The molecule has 4 heteroatoms. The van der Waals surface area contributed by atoms with E-state index in [1.165, 1.54) is 0 Å². The Morgan fingerprint density at radius 2 is 2.00 bits per heavy atom. The highest BCUT2D eigenvalue weighted by Crippen LogP contribution is 2.35. The molecule has 4 nitrogen and oxygen atoms in total. The quantitative estimate of drug-likeness (QED) is 0.664. The van der Waals surface area contributed by atoms with Crippen LogP contribution >= 0.6 is 0 Å². The van der Waals surface area contributed by atoms with Crippen molar-refractivity contribution in [3.05, 3.63) is 35.6 Å². The van der Waals surface area contributed by atoms with Gasteiger partial charge in [0.25, 0.3) is 0 Å². The smallest absolute Gasteiger partial charge is 0.137 e. The van der Waals surface area contributed by atoms with Crippen LogP contribution in [0, 0.1) is 12.3 Å². The minimum absolute atomic E-state index is 0.0557. The van der Waals surface area contributed by atoms with Crippen molar-refractivity contribution in [1.82, 2.24) is 5.43 Å². The summed E-state index contributed by atoms with van der Waals surface area (Å²) in [5.41, 5.74) is 4.81. The maximum Gasteiger partial charge on any atom is 0.137 e. The average molecular weight is 276 g/mol. The van der Waals surface area contributed by atoms with E-state index in [1.807, 2.05) is 31.2 Å². The highest BCUT2D eigenvalue weighted by Gasteiger charge is 2.34. The Bertz CT molecular complexity index is 584. The molecule has 3 N–H and O–H groups in total. The molecule has 2 atom stereocenters. The van der Waals surface area contributed by atoms with Gasteiger partial charge in [-0.2, -0.15) is 0 Å². The molecule has 110 valence electrons. The van der Waals surface area contributed by atoms with Crippen LogP contribution in [-0.2, 0) is 4.74 Å². The molecule has 2 unspecified atom stereocenters. The van der Waals surface area contributed by atoms with Gasteiger partial charge in [0, 0.05) is 12.5 Å². The third-order valence-electron chi connectivity index (χ3n) is 3.66. The number of methoxy groups -OCH3 is 1. The topological polar surface area (TPSA) is 60.4 Å². The summed E-state index contributed by atoms with van der Waals surface area (Å²) in [6.45, 7) is 8.41. The number of nitrogens with two attached hydrogens (primary N) is 1. The number of para-hydroxylation sites is 1. The number of fused-ring (bicyclic) bond motifs is 1. The number of aryl methyl sites for hydroxylation is 1. The summed E-state index contributed by atoms with van der Waals surface area (Å²) < 4.78 is 11.7. The molecule has 0 saturated heterocycles. The number of hydrogen-bond donors (Lipinski definition) is 2. The van der Waals surface area contributed by atoms with Crippen molar-refractivity contribution in [2.24, 2.45) is 11.3 Å². The SMILES string of the molecule is COC(C(NN)c1cc2cccc(C)c2o1)C(C)(C)C. The lowest BCUT2D eigenvalue weighted by Crippen LogP contribution is -2.44. The molecule has 0 aliphatic carbocycles. The largest absolute Gasteiger partial charge is 0.459 e. The van der Waals surface area contributed by atoms with E-state index in [4.69, 9.17) is 15.0 Å². The van der Waals surface area contributed by atoms with Crippen LogP contribution in [0.4, 0.5) is 0 Å². The zero-order chi connectivity index (χ0) is 14.9. The van der Waals surface area contributed by atoms with Gasteiger partial charge in [-0.3, -0.25) is 5.84 Å². The van der Waals surface area contributed by atoms with Crippen LogP contribution < -0.4 is 11.3 Å². The molecular weight excluding hydrogens is 252 g/mol. The summed E-state index contributed by atoms with van der Waals surface area (Å²) in [5, 5.41) is 1.09. The lowest BCUT2D eigenvalue weighted by molar-refractivity contribution is -0.0167. The molecule has 0 saturated carbocycles. The standard InChI is InChI=1S/C16H24N2O2/c1-10-7-6-8-11-9-12(20-14(10)11)13(18-17)15(19-5)16(2,3)4/h6-9,13,15,18H,17H2,1-5H3. The van der Waals surface area contributed by atoms with Crippen molar-refractivity contribution < 1.29 is 9.15 Å². The van der Waals surface area contributed by atoms with Crippen LogP contribution in [0.1, 0.15) is 38.1 Å². The fourth-order valence-electron chi connectivity index (χ4n) is 2.69. The fraction of sp³-hybridized carbons (Fsp3) is 0.500. The number of rotatable bonds is 4. The molecule has 0 fully saturated rings. The van der Waals surface area contributed by atoms with Crippen LogP contribution in [-0.4, -0.2) is 13.2 Å².